The predicted octanol–water partition coefficient (Wildman–Crippen LogP) is 1.89. The van der Waals surface area contributed by atoms with Crippen LogP contribution in [-0.4, -0.2) is 53.5 Å². The van der Waals surface area contributed by atoms with Crippen molar-refractivity contribution in [2.24, 2.45) is 10.7 Å². The number of hydrogen-bond donors (Lipinski definition) is 2. The highest BCUT2D eigenvalue weighted by Crippen LogP contribution is 2.24. The molecule has 2 rings (SSSR count). The molecule has 1 aromatic heterocycles. The summed E-state index contributed by atoms with van der Waals surface area (Å²) in [4.78, 5) is 18.3. The first-order valence-corrected chi connectivity index (χ1v) is 9.99. The van der Waals surface area contributed by atoms with Gasteiger partial charge >= 0.3 is 12.1 Å². The van der Waals surface area contributed by atoms with Gasteiger partial charge in [-0.25, -0.2) is 13.4 Å². The predicted molar refractivity (Wildman–Crippen MR) is 95.8 cm³/mol. The van der Waals surface area contributed by atoms with Crippen LogP contribution in [0.2, 0.25) is 0 Å². The fourth-order valence-corrected chi connectivity index (χ4v) is 3.20. The Morgan fingerprint density at radius 1 is 1.39 bits per heavy atom. The fraction of sp³-hybridized carbons (Fsp3) is 0.200. The number of carboxylic acids is 1. The van der Waals surface area contributed by atoms with E-state index in [9.17, 15) is 26.4 Å². The van der Waals surface area contributed by atoms with Gasteiger partial charge in [-0.1, -0.05) is 12.1 Å². The highest BCUT2D eigenvalue weighted by Gasteiger charge is 2.32. The molecule has 1 aromatic carbocycles. The molecule has 150 valence electrons. The van der Waals surface area contributed by atoms with Crippen LogP contribution < -0.4 is 5.73 Å². The van der Waals surface area contributed by atoms with Crippen LogP contribution >= 0.6 is 11.5 Å². The summed E-state index contributed by atoms with van der Waals surface area (Å²) in [5, 5.41) is 8.62. The van der Waals surface area contributed by atoms with Gasteiger partial charge < -0.3 is 10.8 Å². The third-order valence-electron chi connectivity index (χ3n) is 3.17. The number of nitrogens with zero attached hydrogens (tertiary/aromatic N) is 3. The lowest BCUT2D eigenvalue weighted by Crippen LogP contribution is -2.21. The average Bonchev–Trinajstić information content (AvgIpc) is 3.06. The molecule has 1 heterocycles. The van der Waals surface area contributed by atoms with Crippen LogP contribution in [-0.2, 0) is 14.6 Å². The number of rotatable bonds is 6. The van der Waals surface area contributed by atoms with Crippen molar-refractivity contribution in [2.45, 2.75) is 11.1 Å². The Morgan fingerprint density at radius 2 is 2.07 bits per heavy atom. The molecule has 28 heavy (non-hydrogen) atoms. The van der Waals surface area contributed by atoms with Crippen molar-refractivity contribution in [1.82, 2.24) is 9.36 Å². The van der Waals surface area contributed by atoms with E-state index in [1.807, 2.05) is 0 Å². The molecule has 3 N–H and O–H groups in total. The Bertz CT molecular complexity index is 1060. The molecule has 0 fully saturated rings. The van der Waals surface area contributed by atoms with Crippen molar-refractivity contribution in [3.05, 3.63) is 41.0 Å². The largest absolute Gasteiger partial charge is 0.480 e. The molecule has 0 saturated heterocycles. The fourth-order valence-electron chi connectivity index (χ4n) is 1.87. The molecule has 0 radical (unpaired) electrons. The van der Waals surface area contributed by atoms with E-state index in [4.69, 9.17) is 10.8 Å². The number of sulfone groups is 1. The van der Waals surface area contributed by atoms with Gasteiger partial charge in [0.1, 0.15) is 12.2 Å². The zero-order valence-electron chi connectivity index (χ0n) is 14.1. The number of nitrogens with two attached hydrogens (primary N) is 1. The highest BCUT2D eigenvalue weighted by molar-refractivity contribution is 7.90. The summed E-state index contributed by atoms with van der Waals surface area (Å²) in [7, 11) is -3.49. The maximum absolute atomic E-state index is 12.7. The summed E-state index contributed by atoms with van der Waals surface area (Å²) in [6.45, 7) is -0.796. The number of carboxylic acid groups (broad SMARTS) is 1. The van der Waals surface area contributed by atoms with Crippen LogP contribution in [0.1, 0.15) is 5.01 Å². The average molecular weight is 434 g/mol. The molecular weight excluding hydrogens is 421 g/mol. The number of allylic oxidation sites excluding steroid dienone is 2. The van der Waals surface area contributed by atoms with Crippen molar-refractivity contribution in [2.75, 3.05) is 12.8 Å². The number of carbonyl (C=O) groups is 1. The second kappa shape index (κ2) is 8.06. The van der Waals surface area contributed by atoms with Gasteiger partial charge in [0.25, 0.3) is 0 Å². The number of aliphatic carboxylic acids is 1. The zero-order valence-corrected chi connectivity index (χ0v) is 15.8. The van der Waals surface area contributed by atoms with E-state index in [-0.39, 0.29) is 15.7 Å². The maximum Gasteiger partial charge on any atom is 0.430 e. The number of hydrogen-bond acceptors (Lipinski definition) is 8. The van der Waals surface area contributed by atoms with E-state index in [1.54, 1.807) is 0 Å². The molecule has 0 bridgehead atoms. The van der Waals surface area contributed by atoms with E-state index in [0.29, 0.717) is 23.2 Å². The molecule has 0 aliphatic rings. The first-order valence-electron chi connectivity index (χ1n) is 7.33. The topological polar surface area (TPSA) is 136 Å². The van der Waals surface area contributed by atoms with Crippen LogP contribution in [0.5, 0.6) is 0 Å². The lowest BCUT2D eigenvalue weighted by molar-refractivity contribution is -0.135. The van der Waals surface area contributed by atoms with Gasteiger partial charge in [0, 0.05) is 11.8 Å². The summed E-state index contributed by atoms with van der Waals surface area (Å²) < 4.78 is 65.4. The molecule has 0 saturated carbocycles. The Labute approximate surface area is 161 Å². The molecule has 0 aliphatic carbocycles. The third-order valence-corrected chi connectivity index (χ3v) is 5.02. The van der Waals surface area contributed by atoms with Gasteiger partial charge in [-0.2, -0.15) is 17.5 Å². The Balaban J connectivity index is 2.47. The lowest BCUT2D eigenvalue weighted by Gasteiger charge is -2.06. The van der Waals surface area contributed by atoms with E-state index >= 15 is 0 Å². The minimum atomic E-state index is -4.83. The minimum absolute atomic E-state index is 0.0160. The Morgan fingerprint density at radius 3 is 2.64 bits per heavy atom. The summed E-state index contributed by atoms with van der Waals surface area (Å²) >= 11 is 0.668. The normalized spacial score (nSPS) is 13.6. The molecule has 2 aromatic rings. The van der Waals surface area contributed by atoms with E-state index in [2.05, 4.69) is 14.3 Å². The SMILES string of the molecule is CS(=O)(=O)c1cccc(-c2nsc(C(/C=C(\N)C(F)(F)F)=NCC(=O)O)n2)c1. The number of aliphatic imine (C=N–C) groups is 1. The molecule has 0 amide bonds. The maximum atomic E-state index is 12.7. The lowest BCUT2D eigenvalue weighted by atomic mass is 10.2. The molecule has 0 unspecified atom stereocenters. The second-order valence-electron chi connectivity index (χ2n) is 5.42. The van der Waals surface area contributed by atoms with Crippen LogP contribution in [0.15, 0.2) is 45.9 Å². The Kier molecular flexibility index (Phi) is 6.19. The smallest absolute Gasteiger partial charge is 0.430 e. The standard InChI is InChI=1S/C15H13F3N4O4S2/c1-28(25,26)9-4-2-3-8(5-9)13-21-14(27-22-13)10(20-7-12(23)24)6-11(19)15(16,17)18/h2-6H,7,19H2,1H3,(H,23,24)/b11-6-,20-10?. The summed E-state index contributed by atoms with van der Waals surface area (Å²) in [5.74, 6) is -1.31. The van der Waals surface area contributed by atoms with Crippen molar-refractivity contribution in [3.63, 3.8) is 0 Å². The zero-order chi connectivity index (χ0) is 21.1. The monoisotopic (exact) mass is 434 g/mol. The van der Waals surface area contributed by atoms with Crippen molar-refractivity contribution in [1.29, 1.82) is 0 Å². The highest BCUT2D eigenvalue weighted by atomic mass is 32.2. The van der Waals surface area contributed by atoms with Gasteiger partial charge in [-0.05, 0) is 29.7 Å². The molecule has 0 spiro atoms. The van der Waals surface area contributed by atoms with Crippen molar-refractivity contribution < 1.29 is 31.5 Å². The van der Waals surface area contributed by atoms with Gasteiger partial charge in [0.15, 0.2) is 20.7 Å². The summed E-state index contributed by atoms with van der Waals surface area (Å²) in [6, 6.07) is 5.68. The first kappa shape index (κ1) is 21.5. The molecule has 13 heteroatoms. The van der Waals surface area contributed by atoms with Crippen LogP contribution in [0.25, 0.3) is 11.4 Å². The van der Waals surface area contributed by atoms with Crippen LogP contribution in [0, 0.1) is 0 Å². The molecule has 0 atom stereocenters. The third kappa shape index (κ3) is 5.60. The number of aromatic nitrogens is 2. The Hall–Kier alpha value is -2.80. The van der Waals surface area contributed by atoms with E-state index in [0.717, 1.165) is 6.26 Å². The number of halogens is 3. The quantitative estimate of drug-likeness (QED) is 0.663. The van der Waals surface area contributed by atoms with Crippen molar-refractivity contribution in [3.8, 4) is 11.4 Å². The van der Waals surface area contributed by atoms with Crippen molar-refractivity contribution >= 4 is 33.1 Å². The molecule has 0 aliphatic heterocycles. The van der Waals surface area contributed by atoms with Gasteiger partial charge in [-0.3, -0.25) is 9.79 Å². The summed E-state index contributed by atoms with van der Waals surface area (Å²) in [5.41, 5.74) is 3.41. The summed E-state index contributed by atoms with van der Waals surface area (Å²) in [6.07, 6.45) is -3.34. The van der Waals surface area contributed by atoms with Gasteiger partial charge in [0.2, 0.25) is 0 Å². The van der Waals surface area contributed by atoms with E-state index in [1.165, 1.54) is 24.3 Å². The second-order valence-corrected chi connectivity index (χ2v) is 8.18. The van der Waals surface area contributed by atoms with Crippen LogP contribution in [0.3, 0.4) is 0 Å². The minimum Gasteiger partial charge on any atom is -0.480 e. The number of benzene rings is 1. The van der Waals surface area contributed by atoms with Gasteiger partial charge in [-0.15, -0.1) is 0 Å². The number of alkyl halides is 3. The van der Waals surface area contributed by atoms with E-state index < -0.39 is 39.9 Å². The first-order chi connectivity index (χ1) is 12.9. The molecular formula is C15H13F3N4O4S2. The van der Waals surface area contributed by atoms with Crippen LogP contribution in [0.4, 0.5) is 13.2 Å². The van der Waals surface area contributed by atoms with Gasteiger partial charge in [0.05, 0.1) is 10.6 Å². The molecule has 8 nitrogen and oxygen atoms in total.